The molecule has 0 saturated heterocycles. The first kappa shape index (κ1) is 14.5. The third kappa shape index (κ3) is 4.72. The molecule has 2 aromatic carbocycles. The minimum Gasteiger partial charge on any atom is -0.397 e. The summed E-state index contributed by atoms with van der Waals surface area (Å²) < 4.78 is 0. The smallest absolute Gasteiger partial charge is 0.0402 e. The van der Waals surface area contributed by atoms with Gasteiger partial charge in [-0.25, -0.2) is 0 Å². The fraction of sp³-hybridized carbons (Fsp3) is 0.294. The molecule has 18 heavy (non-hydrogen) atoms. The van der Waals surface area contributed by atoms with Crippen molar-refractivity contribution >= 4 is 0 Å². The minimum atomic E-state index is 0.250. The van der Waals surface area contributed by atoms with Gasteiger partial charge in [-0.2, -0.15) is 0 Å². The Bertz CT molecular complexity index is 417. The summed E-state index contributed by atoms with van der Waals surface area (Å²) in [6, 6.07) is 19.4. The zero-order valence-corrected chi connectivity index (χ0v) is 11.3. The monoisotopic (exact) mass is 242 g/mol. The van der Waals surface area contributed by atoms with Gasteiger partial charge in [-0.1, -0.05) is 67.9 Å². The van der Waals surface area contributed by atoms with E-state index in [9.17, 15) is 0 Å². The number of hydrogen-bond donors (Lipinski definition) is 1. The molecule has 0 atom stereocenters. The van der Waals surface area contributed by atoms with Crippen LogP contribution in [-0.2, 0) is 6.42 Å². The average Bonchev–Trinajstić information content (AvgIpc) is 2.42. The maximum absolute atomic E-state index is 7.57. The topological polar surface area (TPSA) is 20.2 Å². The zero-order chi connectivity index (χ0) is 13.2. The van der Waals surface area contributed by atoms with Crippen molar-refractivity contribution in [3.8, 4) is 11.1 Å². The van der Waals surface area contributed by atoms with Crippen LogP contribution in [0.3, 0.4) is 0 Å². The molecule has 1 heteroatoms. The van der Waals surface area contributed by atoms with Crippen LogP contribution in [0.25, 0.3) is 11.1 Å². The highest BCUT2D eigenvalue weighted by atomic mass is 16.2. The Balaban J connectivity index is 0.000000492. The molecule has 0 radical (unpaired) electrons. The Hall–Kier alpha value is -1.60. The largest absolute Gasteiger partial charge is 0.397 e. The lowest BCUT2D eigenvalue weighted by molar-refractivity contribution is 0.318. The maximum atomic E-state index is 7.57. The Labute approximate surface area is 110 Å². The van der Waals surface area contributed by atoms with Gasteiger partial charge in [-0.15, -0.1) is 0 Å². The summed E-state index contributed by atoms with van der Waals surface area (Å²) in [4.78, 5) is 0. The summed E-state index contributed by atoms with van der Waals surface area (Å²) in [6.45, 7) is 4.14. The van der Waals surface area contributed by atoms with Gasteiger partial charge in [0.05, 0.1) is 0 Å². The van der Waals surface area contributed by atoms with Gasteiger partial charge in [0.2, 0.25) is 0 Å². The lowest BCUT2D eigenvalue weighted by Crippen LogP contribution is -1.83. The molecular weight excluding hydrogens is 220 g/mol. The second-order valence-electron chi connectivity index (χ2n) is 4.13. The van der Waals surface area contributed by atoms with Gasteiger partial charge in [-0.3, -0.25) is 0 Å². The van der Waals surface area contributed by atoms with Crippen molar-refractivity contribution < 1.29 is 5.11 Å². The highest BCUT2D eigenvalue weighted by Gasteiger charge is 1.96. The van der Waals surface area contributed by atoms with E-state index in [0.29, 0.717) is 0 Å². The fourth-order valence-corrected chi connectivity index (χ4v) is 1.78. The molecule has 0 aliphatic rings. The summed E-state index contributed by atoms with van der Waals surface area (Å²) in [5.41, 5.74) is 4.02. The van der Waals surface area contributed by atoms with E-state index in [1.54, 1.807) is 6.92 Å². The molecule has 1 nitrogen and oxygen atoms in total. The molecule has 96 valence electrons. The van der Waals surface area contributed by atoms with Crippen molar-refractivity contribution in [3.05, 3.63) is 60.2 Å². The number of hydrogen-bond acceptors (Lipinski definition) is 1. The average molecular weight is 242 g/mol. The van der Waals surface area contributed by atoms with E-state index >= 15 is 0 Å². The second-order valence-corrected chi connectivity index (χ2v) is 4.13. The van der Waals surface area contributed by atoms with Crippen molar-refractivity contribution in [3.63, 3.8) is 0 Å². The third-order valence-corrected chi connectivity index (χ3v) is 2.60. The minimum absolute atomic E-state index is 0.250. The summed E-state index contributed by atoms with van der Waals surface area (Å²) in [5.74, 6) is 0. The number of aliphatic hydroxyl groups is 1. The molecule has 0 saturated carbocycles. The molecule has 0 unspecified atom stereocenters. The van der Waals surface area contributed by atoms with Crippen molar-refractivity contribution in [2.75, 3.05) is 6.61 Å². The first-order valence-corrected chi connectivity index (χ1v) is 6.57. The van der Waals surface area contributed by atoms with Crippen LogP contribution in [0, 0.1) is 0 Å². The quantitative estimate of drug-likeness (QED) is 0.850. The van der Waals surface area contributed by atoms with Crippen LogP contribution < -0.4 is 0 Å². The predicted molar refractivity (Wildman–Crippen MR) is 78.6 cm³/mol. The van der Waals surface area contributed by atoms with Gasteiger partial charge < -0.3 is 5.11 Å². The molecular formula is C17H22O. The molecule has 2 rings (SSSR count). The normalized spacial score (nSPS) is 9.50. The second kappa shape index (κ2) is 8.48. The standard InChI is InChI=1S/C15H16.C2H6O/c1-2-6-13-9-11-15(12-10-13)14-7-4-3-5-8-14;1-2-3/h3-5,7-12H,2,6H2,1H3;3H,2H2,1H3. The molecule has 0 aliphatic carbocycles. The van der Waals surface area contributed by atoms with Crippen LogP contribution in [0.15, 0.2) is 54.6 Å². The molecule has 0 amide bonds. The Morgan fingerprint density at radius 3 is 1.78 bits per heavy atom. The van der Waals surface area contributed by atoms with Crippen LogP contribution in [0.5, 0.6) is 0 Å². The summed E-state index contributed by atoms with van der Waals surface area (Å²) in [5, 5.41) is 7.57. The first-order valence-electron chi connectivity index (χ1n) is 6.57. The number of rotatable bonds is 3. The number of benzene rings is 2. The fourth-order valence-electron chi connectivity index (χ4n) is 1.78. The lowest BCUT2D eigenvalue weighted by atomic mass is 10.0. The van der Waals surface area contributed by atoms with Crippen LogP contribution >= 0.6 is 0 Å². The molecule has 0 heterocycles. The summed E-state index contributed by atoms with van der Waals surface area (Å²) in [6.07, 6.45) is 2.39. The molecule has 0 bridgehead atoms. The van der Waals surface area contributed by atoms with Gasteiger partial charge >= 0.3 is 0 Å². The third-order valence-electron chi connectivity index (χ3n) is 2.60. The Kier molecular flexibility index (Phi) is 6.82. The molecule has 0 aromatic heterocycles. The summed E-state index contributed by atoms with van der Waals surface area (Å²) in [7, 11) is 0. The van der Waals surface area contributed by atoms with E-state index in [0.717, 1.165) is 0 Å². The maximum Gasteiger partial charge on any atom is 0.0402 e. The van der Waals surface area contributed by atoms with Crippen molar-refractivity contribution in [1.29, 1.82) is 0 Å². The van der Waals surface area contributed by atoms with Gasteiger partial charge in [0.25, 0.3) is 0 Å². The van der Waals surface area contributed by atoms with Crippen LogP contribution in [0.2, 0.25) is 0 Å². The summed E-state index contributed by atoms with van der Waals surface area (Å²) >= 11 is 0. The van der Waals surface area contributed by atoms with Gasteiger partial charge in [0.1, 0.15) is 0 Å². The van der Waals surface area contributed by atoms with E-state index in [1.165, 1.54) is 29.5 Å². The van der Waals surface area contributed by atoms with Crippen LogP contribution in [-0.4, -0.2) is 11.7 Å². The Morgan fingerprint density at radius 2 is 1.28 bits per heavy atom. The van der Waals surface area contributed by atoms with E-state index in [-0.39, 0.29) is 6.61 Å². The Morgan fingerprint density at radius 1 is 0.778 bits per heavy atom. The van der Waals surface area contributed by atoms with Crippen molar-refractivity contribution in [2.24, 2.45) is 0 Å². The number of aryl methyl sites for hydroxylation is 1. The van der Waals surface area contributed by atoms with E-state index in [4.69, 9.17) is 5.11 Å². The molecule has 2 aromatic rings. The van der Waals surface area contributed by atoms with E-state index < -0.39 is 0 Å². The molecule has 0 fully saturated rings. The van der Waals surface area contributed by atoms with Crippen LogP contribution in [0.1, 0.15) is 25.8 Å². The van der Waals surface area contributed by atoms with E-state index in [1.807, 2.05) is 0 Å². The highest BCUT2D eigenvalue weighted by molar-refractivity contribution is 5.63. The molecule has 0 aliphatic heterocycles. The van der Waals surface area contributed by atoms with E-state index in [2.05, 4.69) is 61.5 Å². The van der Waals surface area contributed by atoms with Crippen LogP contribution in [0.4, 0.5) is 0 Å². The van der Waals surface area contributed by atoms with Gasteiger partial charge in [-0.05, 0) is 30.0 Å². The molecule has 1 N–H and O–H groups in total. The highest BCUT2D eigenvalue weighted by Crippen LogP contribution is 2.19. The van der Waals surface area contributed by atoms with Gasteiger partial charge in [0, 0.05) is 6.61 Å². The van der Waals surface area contributed by atoms with Gasteiger partial charge in [0.15, 0.2) is 0 Å². The number of aliphatic hydroxyl groups excluding tert-OH is 1. The zero-order valence-electron chi connectivity index (χ0n) is 11.3. The van der Waals surface area contributed by atoms with Crippen molar-refractivity contribution in [2.45, 2.75) is 26.7 Å². The predicted octanol–water partition coefficient (Wildman–Crippen LogP) is 4.30. The first-order chi connectivity index (χ1) is 8.81. The molecule has 0 spiro atoms. The van der Waals surface area contributed by atoms with Crippen molar-refractivity contribution in [1.82, 2.24) is 0 Å². The SMILES string of the molecule is CCCc1ccc(-c2ccccc2)cc1.CCO. The lowest BCUT2D eigenvalue weighted by Gasteiger charge is -2.03.